The molecule has 0 aromatic carbocycles. The van der Waals surface area contributed by atoms with E-state index in [0.29, 0.717) is 0 Å². The number of carboxylic acids is 1. The second-order valence-electron chi connectivity index (χ2n) is 1.98. The summed E-state index contributed by atoms with van der Waals surface area (Å²) in [6.07, 6.45) is 1.19. The second-order valence-corrected chi connectivity index (χ2v) is 1.98. The number of nitrogens with zero attached hydrogens (tertiary/aromatic N) is 2. The molecular weight excluding hydrogens is 148 g/mol. The fourth-order valence-corrected chi connectivity index (χ4v) is 0.808. The number of aryl methyl sites for hydroxylation is 1. The summed E-state index contributed by atoms with van der Waals surface area (Å²) in [5.74, 6) is -1.08. The van der Waals surface area contributed by atoms with Crippen molar-refractivity contribution in [1.82, 2.24) is 9.78 Å². The van der Waals surface area contributed by atoms with Crippen LogP contribution in [0, 0.1) is 0 Å². The topological polar surface area (TPSA) is 67.2 Å². The third-order valence-corrected chi connectivity index (χ3v) is 1.30. The molecule has 0 radical (unpaired) electrons. The van der Waals surface area contributed by atoms with E-state index in [1.807, 2.05) is 0 Å². The van der Waals surface area contributed by atoms with Gasteiger partial charge in [-0.1, -0.05) is 0 Å². The molecule has 0 spiro atoms. The summed E-state index contributed by atoms with van der Waals surface area (Å²) in [5.41, 5.74) is -0.0324. The zero-order chi connectivity index (χ0) is 8.43. The molecule has 0 saturated heterocycles. The van der Waals surface area contributed by atoms with Gasteiger partial charge in [-0.3, -0.25) is 0 Å². The molecule has 0 unspecified atom stereocenters. The molecule has 0 aliphatic carbocycles. The van der Waals surface area contributed by atoms with Crippen LogP contribution in [0.5, 0.6) is 5.88 Å². The first-order valence-electron chi connectivity index (χ1n) is 2.94. The molecule has 11 heavy (non-hydrogen) atoms. The Morgan fingerprint density at radius 3 is 2.82 bits per heavy atom. The van der Waals surface area contributed by atoms with Crippen LogP contribution in [0.25, 0.3) is 0 Å². The Balaban J connectivity index is 3.15. The van der Waals surface area contributed by atoms with E-state index in [2.05, 4.69) is 5.10 Å². The molecule has 1 aromatic rings. The van der Waals surface area contributed by atoms with Gasteiger partial charge >= 0.3 is 0 Å². The molecule has 1 heterocycles. The van der Waals surface area contributed by atoms with Crippen molar-refractivity contribution in [1.29, 1.82) is 0 Å². The van der Waals surface area contributed by atoms with Gasteiger partial charge < -0.3 is 14.6 Å². The Bertz CT molecular complexity index is 279. The zero-order valence-corrected chi connectivity index (χ0v) is 6.20. The van der Waals surface area contributed by atoms with Crippen molar-refractivity contribution in [2.75, 3.05) is 7.11 Å². The molecule has 60 valence electrons. The van der Waals surface area contributed by atoms with Gasteiger partial charge in [-0.05, 0) is 0 Å². The Kier molecular flexibility index (Phi) is 1.80. The first kappa shape index (κ1) is 7.59. The number of methoxy groups -OCH3 is 1. The number of ether oxygens (including phenoxy) is 1. The average molecular weight is 155 g/mol. The van der Waals surface area contributed by atoms with Crippen LogP contribution in [0.15, 0.2) is 6.20 Å². The van der Waals surface area contributed by atoms with Crippen LogP contribution in [0.2, 0.25) is 0 Å². The lowest BCUT2D eigenvalue weighted by molar-refractivity contribution is -0.255. The van der Waals surface area contributed by atoms with E-state index in [1.54, 1.807) is 7.05 Å². The maximum Gasteiger partial charge on any atom is 0.220 e. The van der Waals surface area contributed by atoms with Crippen LogP contribution in [-0.2, 0) is 7.05 Å². The molecule has 0 bridgehead atoms. The first-order valence-corrected chi connectivity index (χ1v) is 2.94. The average Bonchev–Trinajstić information content (AvgIpc) is 2.30. The molecule has 1 aromatic heterocycles. The summed E-state index contributed by atoms with van der Waals surface area (Å²) in [6, 6.07) is 0. The minimum absolute atomic E-state index is 0.0324. The maximum atomic E-state index is 10.3. The third-order valence-electron chi connectivity index (χ3n) is 1.30. The minimum atomic E-state index is -1.28. The van der Waals surface area contributed by atoms with Crippen LogP contribution in [0.1, 0.15) is 10.4 Å². The Morgan fingerprint density at radius 1 is 1.82 bits per heavy atom. The van der Waals surface area contributed by atoms with E-state index in [4.69, 9.17) is 4.74 Å². The summed E-state index contributed by atoms with van der Waals surface area (Å²) in [4.78, 5) is 10.3. The van der Waals surface area contributed by atoms with E-state index < -0.39 is 5.97 Å². The van der Waals surface area contributed by atoms with Crippen LogP contribution in [0.4, 0.5) is 0 Å². The number of carbonyl (C=O) groups excluding carboxylic acids is 1. The van der Waals surface area contributed by atoms with Gasteiger partial charge in [0.1, 0.15) is 0 Å². The van der Waals surface area contributed by atoms with Gasteiger partial charge in [0.05, 0.1) is 24.8 Å². The van der Waals surface area contributed by atoms with Crippen LogP contribution in [-0.4, -0.2) is 22.9 Å². The van der Waals surface area contributed by atoms with Gasteiger partial charge in [0, 0.05) is 7.05 Å². The Labute approximate surface area is 63.2 Å². The molecule has 0 amide bonds. The normalized spacial score (nSPS) is 9.64. The number of hydrogen-bond acceptors (Lipinski definition) is 4. The quantitative estimate of drug-likeness (QED) is 0.537. The van der Waals surface area contributed by atoms with Crippen molar-refractivity contribution in [2.24, 2.45) is 7.05 Å². The summed E-state index contributed by atoms with van der Waals surface area (Å²) in [7, 11) is 2.97. The van der Waals surface area contributed by atoms with E-state index in [9.17, 15) is 9.90 Å². The molecule has 0 fully saturated rings. The lowest BCUT2D eigenvalue weighted by Crippen LogP contribution is -2.22. The highest BCUT2D eigenvalue weighted by Crippen LogP contribution is 2.14. The van der Waals surface area contributed by atoms with Crippen LogP contribution >= 0.6 is 0 Å². The Hall–Kier alpha value is -1.52. The number of carbonyl (C=O) groups is 1. The molecule has 0 saturated carbocycles. The maximum absolute atomic E-state index is 10.3. The van der Waals surface area contributed by atoms with E-state index in [1.165, 1.54) is 18.0 Å². The fourth-order valence-electron chi connectivity index (χ4n) is 0.808. The predicted molar refractivity (Wildman–Crippen MR) is 34.1 cm³/mol. The SMILES string of the molecule is COc1c(C(=O)[O-])cnn1C. The number of carboxylic acid groups (broad SMARTS) is 1. The summed E-state index contributed by atoms with van der Waals surface area (Å²) in [6.45, 7) is 0. The highest BCUT2D eigenvalue weighted by Gasteiger charge is 2.08. The minimum Gasteiger partial charge on any atom is -0.545 e. The molecule has 5 nitrogen and oxygen atoms in total. The van der Waals surface area contributed by atoms with Crippen molar-refractivity contribution >= 4 is 5.97 Å². The molecule has 5 heteroatoms. The standard InChI is InChI=1S/C6H8N2O3/c1-8-5(11-2)4(3-7-8)6(9)10/h3H,1-2H3,(H,9,10)/p-1. The summed E-state index contributed by atoms with van der Waals surface area (Å²) < 4.78 is 6.08. The number of hydrogen-bond donors (Lipinski definition) is 0. The van der Waals surface area contributed by atoms with E-state index in [0.717, 1.165) is 0 Å². The summed E-state index contributed by atoms with van der Waals surface area (Å²) in [5, 5.41) is 14.0. The van der Waals surface area contributed by atoms with E-state index >= 15 is 0 Å². The van der Waals surface area contributed by atoms with Crippen LogP contribution in [0.3, 0.4) is 0 Å². The van der Waals surface area contributed by atoms with Gasteiger partial charge in [0.2, 0.25) is 5.88 Å². The van der Waals surface area contributed by atoms with E-state index in [-0.39, 0.29) is 11.4 Å². The van der Waals surface area contributed by atoms with Gasteiger partial charge in [-0.2, -0.15) is 5.10 Å². The predicted octanol–water partition coefficient (Wildman–Crippen LogP) is -1.21. The Morgan fingerprint density at radius 2 is 2.45 bits per heavy atom. The fraction of sp³-hybridized carbons (Fsp3) is 0.333. The molecular formula is C6H7N2O3-. The molecule has 0 aliphatic rings. The second kappa shape index (κ2) is 2.61. The highest BCUT2D eigenvalue weighted by molar-refractivity contribution is 5.88. The van der Waals surface area contributed by atoms with Crippen molar-refractivity contribution in [3.8, 4) is 5.88 Å². The largest absolute Gasteiger partial charge is 0.545 e. The first-order chi connectivity index (χ1) is 5.16. The molecule has 0 atom stereocenters. The van der Waals surface area contributed by atoms with Crippen LogP contribution < -0.4 is 9.84 Å². The summed E-state index contributed by atoms with van der Waals surface area (Å²) >= 11 is 0. The lowest BCUT2D eigenvalue weighted by Gasteiger charge is -2.03. The van der Waals surface area contributed by atoms with Crippen molar-refractivity contribution in [2.45, 2.75) is 0 Å². The van der Waals surface area contributed by atoms with Gasteiger partial charge in [0.15, 0.2) is 0 Å². The monoisotopic (exact) mass is 155 g/mol. The lowest BCUT2D eigenvalue weighted by atomic mass is 10.3. The molecule has 0 N–H and O–H groups in total. The molecule has 0 aliphatic heterocycles. The number of rotatable bonds is 2. The third kappa shape index (κ3) is 1.17. The van der Waals surface area contributed by atoms with Crippen molar-refractivity contribution < 1.29 is 14.6 Å². The zero-order valence-electron chi connectivity index (χ0n) is 6.20. The number of aromatic nitrogens is 2. The van der Waals surface area contributed by atoms with Gasteiger partial charge in [-0.15, -0.1) is 0 Å². The highest BCUT2D eigenvalue weighted by atomic mass is 16.5. The van der Waals surface area contributed by atoms with Gasteiger partial charge in [-0.25, -0.2) is 4.68 Å². The molecule has 1 rings (SSSR count). The number of aromatic carboxylic acids is 1. The smallest absolute Gasteiger partial charge is 0.220 e. The van der Waals surface area contributed by atoms with Crippen molar-refractivity contribution in [3.05, 3.63) is 11.8 Å². The van der Waals surface area contributed by atoms with Crippen molar-refractivity contribution in [3.63, 3.8) is 0 Å². The van der Waals surface area contributed by atoms with Gasteiger partial charge in [0.25, 0.3) is 0 Å².